The predicted octanol–water partition coefficient (Wildman–Crippen LogP) is 7.81. The average Bonchev–Trinajstić information content (AvgIpc) is 2.93. The van der Waals surface area contributed by atoms with Gasteiger partial charge >= 0.3 is 0 Å². The molecule has 0 spiro atoms. The van der Waals surface area contributed by atoms with Crippen LogP contribution in [0.5, 0.6) is 5.75 Å². The van der Waals surface area contributed by atoms with E-state index in [0.717, 1.165) is 12.1 Å². The molecule has 0 saturated heterocycles. The molecule has 2 bridgehead atoms. The lowest BCUT2D eigenvalue weighted by Gasteiger charge is -2.34. The monoisotopic (exact) mass is 605 g/mol. The summed E-state index contributed by atoms with van der Waals surface area (Å²) in [5.41, 5.74) is 1.85. The van der Waals surface area contributed by atoms with E-state index in [-0.39, 0.29) is 56.5 Å². The lowest BCUT2D eigenvalue weighted by molar-refractivity contribution is -0.129. The third-order valence-corrected chi connectivity index (χ3v) is 8.33. The summed E-state index contributed by atoms with van der Waals surface area (Å²) in [6, 6.07) is 6.75. The van der Waals surface area contributed by atoms with E-state index in [1.54, 1.807) is 30.2 Å². The van der Waals surface area contributed by atoms with E-state index in [4.69, 9.17) is 34.8 Å². The number of benzene rings is 2. The topological polar surface area (TPSA) is 82.5 Å². The smallest absolute Gasteiger partial charge is 0.247 e. The Hall–Kier alpha value is -3.20. The van der Waals surface area contributed by atoms with Crippen molar-refractivity contribution in [1.29, 1.82) is 0 Å². The minimum absolute atomic E-state index is 0.0115. The summed E-state index contributed by atoms with van der Waals surface area (Å²) in [6.45, 7) is 1.98. The first-order valence-corrected chi connectivity index (χ1v) is 13.8. The zero-order valence-corrected chi connectivity index (χ0v) is 23.5. The molecular formula is C29H24Cl3F2N3O3. The summed E-state index contributed by atoms with van der Waals surface area (Å²) in [5, 5.41) is 12.9. The maximum absolute atomic E-state index is 14.7. The summed E-state index contributed by atoms with van der Waals surface area (Å²) in [5.74, 6) is -3.11. The van der Waals surface area contributed by atoms with E-state index < -0.39 is 29.5 Å². The van der Waals surface area contributed by atoms with Crippen LogP contribution < -0.4 is 5.32 Å². The molecule has 6 nitrogen and oxygen atoms in total. The van der Waals surface area contributed by atoms with Crippen molar-refractivity contribution in [1.82, 2.24) is 9.88 Å². The van der Waals surface area contributed by atoms with Crippen molar-refractivity contribution in [2.45, 2.75) is 38.6 Å². The van der Waals surface area contributed by atoms with Crippen molar-refractivity contribution >= 4 is 57.9 Å². The van der Waals surface area contributed by atoms with Crippen LogP contribution in [-0.2, 0) is 9.59 Å². The Morgan fingerprint density at radius 2 is 1.85 bits per heavy atom. The van der Waals surface area contributed by atoms with E-state index >= 15 is 0 Å². The highest BCUT2D eigenvalue weighted by atomic mass is 35.5. The van der Waals surface area contributed by atoms with Gasteiger partial charge in [-0.1, -0.05) is 48.1 Å². The molecule has 40 heavy (non-hydrogen) atoms. The number of hydrogen-bond acceptors (Lipinski definition) is 4. The molecule has 2 aliphatic rings. The van der Waals surface area contributed by atoms with Crippen molar-refractivity contribution in [3.05, 3.63) is 80.6 Å². The number of halogens is 5. The number of phenolic OH excluding ortho intramolecular Hbond substituents is 1. The van der Waals surface area contributed by atoms with Crippen LogP contribution in [0.4, 0.5) is 14.5 Å². The minimum atomic E-state index is -0.899. The highest BCUT2D eigenvalue weighted by Crippen LogP contribution is 2.45. The molecule has 208 valence electrons. The second kappa shape index (κ2) is 11.4. The first kappa shape index (κ1) is 28.3. The Labute approximate surface area is 244 Å². The molecule has 11 heteroatoms. The second-order valence-corrected chi connectivity index (χ2v) is 11.1. The van der Waals surface area contributed by atoms with Gasteiger partial charge in [-0.25, -0.2) is 8.78 Å². The number of hydrogen-bond donors (Lipinski definition) is 2. The molecule has 2 amide bonds. The first-order valence-electron chi connectivity index (χ1n) is 12.7. The fourth-order valence-electron chi connectivity index (χ4n) is 5.20. The molecular weight excluding hydrogens is 583 g/mol. The van der Waals surface area contributed by atoms with E-state index in [9.17, 15) is 23.5 Å². The number of amides is 2. The summed E-state index contributed by atoms with van der Waals surface area (Å²) in [6.07, 6.45) is 4.65. The van der Waals surface area contributed by atoms with Crippen molar-refractivity contribution in [3.8, 4) is 16.9 Å². The van der Waals surface area contributed by atoms with Crippen LogP contribution >= 0.6 is 34.8 Å². The Morgan fingerprint density at radius 1 is 1.07 bits per heavy atom. The van der Waals surface area contributed by atoms with Gasteiger partial charge in [0.2, 0.25) is 11.8 Å². The lowest BCUT2D eigenvalue weighted by Crippen LogP contribution is -2.38. The van der Waals surface area contributed by atoms with E-state index in [1.807, 2.05) is 0 Å². The van der Waals surface area contributed by atoms with Gasteiger partial charge in [-0.2, -0.15) is 0 Å². The van der Waals surface area contributed by atoms with Crippen LogP contribution in [0.2, 0.25) is 15.1 Å². The molecule has 3 aromatic rings. The van der Waals surface area contributed by atoms with Gasteiger partial charge < -0.3 is 15.3 Å². The molecule has 0 saturated carbocycles. The first-order chi connectivity index (χ1) is 19.1. The third kappa shape index (κ3) is 5.28. The van der Waals surface area contributed by atoms with Crippen molar-refractivity contribution in [2.24, 2.45) is 5.92 Å². The van der Waals surface area contributed by atoms with Crippen molar-refractivity contribution in [2.75, 3.05) is 11.9 Å². The molecule has 2 atom stereocenters. The zero-order chi connectivity index (χ0) is 28.7. The van der Waals surface area contributed by atoms with Gasteiger partial charge in [0.1, 0.15) is 10.8 Å². The van der Waals surface area contributed by atoms with Gasteiger partial charge in [0, 0.05) is 30.3 Å². The van der Waals surface area contributed by atoms with E-state index in [2.05, 4.69) is 10.3 Å². The largest absolute Gasteiger partial charge is 0.505 e. The van der Waals surface area contributed by atoms with Crippen molar-refractivity contribution < 1.29 is 23.5 Å². The van der Waals surface area contributed by atoms with Gasteiger partial charge in [0.15, 0.2) is 11.6 Å². The Bertz CT molecular complexity index is 1560. The van der Waals surface area contributed by atoms with Crippen LogP contribution in [0, 0.1) is 17.6 Å². The van der Waals surface area contributed by atoms with Gasteiger partial charge in [-0.15, -0.1) is 0 Å². The molecule has 0 fully saturated rings. The molecule has 3 heterocycles. The average molecular weight is 607 g/mol. The molecule has 5 rings (SSSR count). The number of carbonyl (C=O) groups excluding carboxylic acids is 2. The van der Waals surface area contributed by atoms with Gasteiger partial charge in [-0.3, -0.25) is 14.6 Å². The summed E-state index contributed by atoms with van der Waals surface area (Å²) in [4.78, 5) is 32.6. The Kier molecular flexibility index (Phi) is 8.04. The Morgan fingerprint density at radius 3 is 2.60 bits per heavy atom. The lowest BCUT2D eigenvalue weighted by atomic mass is 9.92. The van der Waals surface area contributed by atoms with Crippen LogP contribution in [0.3, 0.4) is 0 Å². The highest BCUT2D eigenvalue weighted by molar-refractivity contribution is 6.40. The zero-order valence-electron chi connectivity index (χ0n) is 21.3. The highest BCUT2D eigenvalue weighted by Gasteiger charge is 2.32. The summed E-state index contributed by atoms with van der Waals surface area (Å²) < 4.78 is 29.2. The van der Waals surface area contributed by atoms with Crippen LogP contribution in [-0.4, -0.2) is 33.3 Å². The number of pyridine rings is 1. The van der Waals surface area contributed by atoms with Crippen LogP contribution in [0.15, 0.2) is 42.6 Å². The summed E-state index contributed by atoms with van der Waals surface area (Å²) in [7, 11) is 0. The number of nitrogens with one attached hydrogen (secondary N) is 1. The normalized spacial score (nSPS) is 19.8. The third-order valence-electron chi connectivity index (χ3n) is 7.38. The molecule has 2 N–H and O–H groups in total. The van der Waals surface area contributed by atoms with E-state index in [1.165, 1.54) is 12.1 Å². The van der Waals surface area contributed by atoms with E-state index in [0.29, 0.717) is 36.1 Å². The minimum Gasteiger partial charge on any atom is -0.505 e. The number of aromatic nitrogens is 1. The Balaban J connectivity index is 1.57. The number of aromatic hydroxyl groups is 1. The molecule has 2 aromatic carbocycles. The van der Waals surface area contributed by atoms with Gasteiger partial charge in [0.25, 0.3) is 0 Å². The molecule has 1 aromatic heterocycles. The number of nitrogens with zero attached hydrogens (tertiary/aromatic N) is 2. The number of fused-ring (bicyclic) bond motifs is 4. The van der Waals surface area contributed by atoms with Crippen LogP contribution in [0.1, 0.15) is 49.9 Å². The maximum Gasteiger partial charge on any atom is 0.247 e. The van der Waals surface area contributed by atoms with Crippen LogP contribution in [0.25, 0.3) is 16.7 Å². The quantitative estimate of drug-likeness (QED) is 0.292. The fraction of sp³-hybridized carbons (Fsp3) is 0.276. The van der Waals surface area contributed by atoms with Gasteiger partial charge in [0.05, 0.1) is 33.0 Å². The van der Waals surface area contributed by atoms with Crippen molar-refractivity contribution in [3.63, 3.8) is 0 Å². The second-order valence-electron chi connectivity index (χ2n) is 9.92. The van der Waals surface area contributed by atoms with Gasteiger partial charge in [-0.05, 0) is 60.7 Å². The SMILES string of the molecule is CC1CCCC(N2CCC(c3c(F)ccc(Cl)c3F)=CC2=O)c2cc(ccn2)-c2cc(Cl)c(O)c(Cl)c2NC1=O. The predicted molar refractivity (Wildman–Crippen MR) is 151 cm³/mol. The number of rotatable bonds is 2. The number of phenols is 1. The fourth-order valence-corrected chi connectivity index (χ4v) is 5.86. The molecule has 0 radical (unpaired) electrons. The molecule has 0 aliphatic carbocycles. The molecule has 2 aliphatic heterocycles. The summed E-state index contributed by atoms with van der Waals surface area (Å²) >= 11 is 18.5. The molecule has 2 unspecified atom stereocenters. The number of anilines is 1. The number of carbonyl (C=O) groups is 2. The standard InChI is InChI=1S/C29H24Cl3F2N3O3/c1-14-3-2-4-22(37-10-8-16(12-23(37)38)24-20(33)6-5-18(30)26(24)34)21-11-15(7-9-35-21)17-13-19(31)28(39)25(32)27(17)36-29(14)40/h5-7,9,11-14,22,39H,2-4,8,10H2,1H3,(H,36,40). The maximum atomic E-state index is 14.7.